The Morgan fingerprint density at radius 2 is 2.15 bits per heavy atom. The van der Waals surface area contributed by atoms with Crippen LogP contribution in [-0.2, 0) is 0 Å². The summed E-state index contributed by atoms with van der Waals surface area (Å²) in [5.74, 6) is -0.389. The molecule has 6 nitrogen and oxygen atoms in total. The van der Waals surface area contributed by atoms with Crippen molar-refractivity contribution >= 4 is 34.1 Å². The van der Waals surface area contributed by atoms with Gasteiger partial charge >= 0.3 is 0 Å². The van der Waals surface area contributed by atoms with E-state index in [0.717, 1.165) is 22.2 Å². The van der Waals surface area contributed by atoms with Gasteiger partial charge in [-0.1, -0.05) is 17.7 Å². The van der Waals surface area contributed by atoms with Gasteiger partial charge in [0.2, 0.25) is 0 Å². The number of halogens is 1. The predicted octanol–water partition coefficient (Wildman–Crippen LogP) is 4.60. The van der Waals surface area contributed by atoms with Crippen LogP contribution < -0.4 is 5.32 Å². The summed E-state index contributed by atoms with van der Waals surface area (Å²) in [5, 5.41) is 20.1. The van der Waals surface area contributed by atoms with E-state index >= 15 is 0 Å². The van der Waals surface area contributed by atoms with Crippen molar-refractivity contribution in [3.8, 4) is 17.3 Å². The van der Waals surface area contributed by atoms with Crippen LogP contribution in [0.15, 0.2) is 59.4 Å². The molecule has 0 aliphatic carbocycles. The molecule has 0 spiro atoms. The normalized spacial score (nSPS) is 10.6. The maximum atomic E-state index is 12.5. The molecule has 0 fully saturated rings. The Morgan fingerprint density at radius 1 is 1.27 bits per heavy atom. The molecule has 4 rings (SSSR count). The zero-order valence-electron chi connectivity index (χ0n) is 13.3. The average Bonchev–Trinajstić information content (AvgIpc) is 3.30. The second-order valence-electron chi connectivity index (χ2n) is 5.58. The summed E-state index contributed by atoms with van der Waals surface area (Å²) in [6.07, 6.45) is 3.18. The quantitative estimate of drug-likeness (QED) is 0.556. The van der Waals surface area contributed by atoms with Gasteiger partial charge in [0.25, 0.3) is 5.91 Å². The van der Waals surface area contributed by atoms with E-state index in [1.165, 1.54) is 0 Å². The molecule has 2 heterocycles. The van der Waals surface area contributed by atoms with Crippen LogP contribution in [0.5, 0.6) is 0 Å². The third-order valence-corrected chi connectivity index (χ3v) is 4.39. The number of nitrogens with zero attached hydrogens (tertiary/aromatic N) is 2. The number of hydrogen-bond donors (Lipinski definition) is 2. The van der Waals surface area contributed by atoms with E-state index in [1.54, 1.807) is 36.8 Å². The Kier molecular flexibility index (Phi) is 3.92. The van der Waals surface area contributed by atoms with Gasteiger partial charge in [0.15, 0.2) is 0 Å². The Balaban J connectivity index is 1.69. The number of fused-ring (bicyclic) bond motifs is 1. The minimum atomic E-state index is -0.389. The van der Waals surface area contributed by atoms with Crippen LogP contribution in [-0.4, -0.2) is 16.1 Å². The molecule has 0 unspecified atom stereocenters. The number of furan rings is 1. The summed E-state index contributed by atoms with van der Waals surface area (Å²) in [5.41, 5.74) is 3.49. The monoisotopic (exact) mass is 362 g/mol. The summed E-state index contributed by atoms with van der Waals surface area (Å²) < 4.78 is 5.11. The van der Waals surface area contributed by atoms with Crippen LogP contribution in [0.3, 0.4) is 0 Å². The molecule has 0 aliphatic heterocycles. The van der Waals surface area contributed by atoms with E-state index in [4.69, 9.17) is 21.3 Å². The number of nitriles is 1. The number of H-pyrrole nitrogens is 1. The van der Waals surface area contributed by atoms with Gasteiger partial charge in [0.1, 0.15) is 11.8 Å². The molecular formula is C19H11ClN4O2. The lowest BCUT2D eigenvalue weighted by Crippen LogP contribution is -2.12. The molecular weight excluding hydrogens is 352 g/mol. The number of anilines is 1. The van der Waals surface area contributed by atoms with Crippen molar-refractivity contribution in [3.05, 3.63) is 71.1 Å². The van der Waals surface area contributed by atoms with E-state index in [2.05, 4.69) is 15.5 Å². The van der Waals surface area contributed by atoms with E-state index in [1.807, 2.05) is 24.3 Å². The standard InChI is InChI=1S/C19H11ClN4O2/c20-17-11(9-21)2-1-3-14(17)19(25)22-13-4-5-16-15(8-13)18(24-23-16)12-6-7-26-10-12/h1-8,10H,(H,22,25)(H,23,24). The minimum Gasteiger partial charge on any atom is -0.472 e. The number of aromatic amines is 1. The first kappa shape index (κ1) is 15.9. The highest BCUT2D eigenvalue weighted by atomic mass is 35.5. The molecule has 0 atom stereocenters. The van der Waals surface area contributed by atoms with Gasteiger partial charge in [0, 0.05) is 16.6 Å². The second kappa shape index (κ2) is 6.39. The van der Waals surface area contributed by atoms with E-state index < -0.39 is 0 Å². The van der Waals surface area contributed by atoms with E-state index in [9.17, 15) is 4.79 Å². The van der Waals surface area contributed by atoms with Crippen molar-refractivity contribution in [3.63, 3.8) is 0 Å². The Bertz CT molecular complexity index is 1160. The van der Waals surface area contributed by atoms with Gasteiger partial charge in [-0.15, -0.1) is 0 Å². The molecule has 126 valence electrons. The summed E-state index contributed by atoms with van der Waals surface area (Å²) in [6, 6.07) is 13.9. The Labute approximate surface area is 153 Å². The van der Waals surface area contributed by atoms with Crippen LogP contribution >= 0.6 is 11.6 Å². The predicted molar refractivity (Wildman–Crippen MR) is 97.9 cm³/mol. The number of hydrogen-bond acceptors (Lipinski definition) is 4. The number of carbonyl (C=O) groups excluding carboxylic acids is 1. The molecule has 0 saturated carbocycles. The summed E-state index contributed by atoms with van der Waals surface area (Å²) in [7, 11) is 0. The van der Waals surface area contributed by atoms with Crippen molar-refractivity contribution in [1.82, 2.24) is 10.2 Å². The first-order chi connectivity index (χ1) is 12.7. The maximum Gasteiger partial charge on any atom is 0.257 e. The molecule has 26 heavy (non-hydrogen) atoms. The topological polar surface area (TPSA) is 94.7 Å². The molecule has 0 saturated heterocycles. The maximum absolute atomic E-state index is 12.5. The summed E-state index contributed by atoms with van der Waals surface area (Å²) in [6.45, 7) is 0. The van der Waals surface area contributed by atoms with Crippen molar-refractivity contribution in [2.45, 2.75) is 0 Å². The fraction of sp³-hybridized carbons (Fsp3) is 0. The average molecular weight is 363 g/mol. The fourth-order valence-electron chi connectivity index (χ4n) is 2.70. The van der Waals surface area contributed by atoms with Crippen molar-refractivity contribution in [1.29, 1.82) is 5.26 Å². The number of aromatic nitrogens is 2. The smallest absolute Gasteiger partial charge is 0.257 e. The van der Waals surface area contributed by atoms with Gasteiger partial charge < -0.3 is 9.73 Å². The van der Waals surface area contributed by atoms with Crippen LogP contribution in [0.4, 0.5) is 5.69 Å². The molecule has 2 N–H and O–H groups in total. The van der Waals surface area contributed by atoms with Crippen LogP contribution in [0, 0.1) is 11.3 Å². The first-order valence-corrected chi connectivity index (χ1v) is 8.06. The highest BCUT2D eigenvalue weighted by Crippen LogP contribution is 2.29. The molecule has 4 aromatic rings. The van der Waals surface area contributed by atoms with E-state index in [-0.39, 0.29) is 22.1 Å². The molecule has 1 amide bonds. The van der Waals surface area contributed by atoms with Crippen LogP contribution in [0.1, 0.15) is 15.9 Å². The number of carbonyl (C=O) groups is 1. The third-order valence-electron chi connectivity index (χ3n) is 3.98. The highest BCUT2D eigenvalue weighted by molar-refractivity contribution is 6.35. The molecule has 0 aliphatic rings. The largest absolute Gasteiger partial charge is 0.472 e. The van der Waals surface area contributed by atoms with Crippen molar-refractivity contribution in [2.24, 2.45) is 0 Å². The number of rotatable bonds is 3. The summed E-state index contributed by atoms with van der Waals surface area (Å²) in [4.78, 5) is 12.5. The zero-order valence-corrected chi connectivity index (χ0v) is 14.0. The zero-order chi connectivity index (χ0) is 18.1. The molecule has 0 bridgehead atoms. The fourth-order valence-corrected chi connectivity index (χ4v) is 2.96. The number of amides is 1. The van der Waals surface area contributed by atoms with Crippen molar-refractivity contribution < 1.29 is 9.21 Å². The molecule has 2 aromatic carbocycles. The SMILES string of the molecule is N#Cc1cccc(C(=O)Nc2ccc3[nH]nc(-c4ccoc4)c3c2)c1Cl. The lowest BCUT2D eigenvalue weighted by molar-refractivity contribution is 0.102. The lowest BCUT2D eigenvalue weighted by atomic mass is 10.1. The van der Waals surface area contributed by atoms with Gasteiger partial charge in [-0.05, 0) is 36.4 Å². The lowest BCUT2D eigenvalue weighted by Gasteiger charge is -2.08. The van der Waals surface area contributed by atoms with Crippen molar-refractivity contribution in [2.75, 3.05) is 5.32 Å². The molecule has 0 radical (unpaired) electrons. The minimum absolute atomic E-state index is 0.135. The Hall–Kier alpha value is -3.56. The third kappa shape index (κ3) is 2.70. The first-order valence-electron chi connectivity index (χ1n) is 7.68. The van der Waals surface area contributed by atoms with Gasteiger partial charge in [-0.25, -0.2) is 0 Å². The Morgan fingerprint density at radius 3 is 2.92 bits per heavy atom. The van der Waals surface area contributed by atoms with Crippen LogP contribution in [0.2, 0.25) is 5.02 Å². The second-order valence-corrected chi connectivity index (χ2v) is 5.96. The summed E-state index contributed by atoms with van der Waals surface area (Å²) >= 11 is 6.13. The molecule has 7 heteroatoms. The van der Waals surface area contributed by atoms with Crippen LogP contribution in [0.25, 0.3) is 22.2 Å². The number of benzene rings is 2. The highest BCUT2D eigenvalue weighted by Gasteiger charge is 2.15. The number of nitrogens with one attached hydrogen (secondary N) is 2. The molecule has 2 aromatic heterocycles. The van der Waals surface area contributed by atoms with Gasteiger partial charge in [-0.2, -0.15) is 10.4 Å². The van der Waals surface area contributed by atoms with Gasteiger partial charge in [-0.3, -0.25) is 9.89 Å². The van der Waals surface area contributed by atoms with Gasteiger partial charge in [0.05, 0.1) is 34.2 Å². The van der Waals surface area contributed by atoms with E-state index in [0.29, 0.717) is 5.69 Å².